The molecule has 0 aromatic carbocycles. The van der Waals surface area contributed by atoms with Crippen molar-refractivity contribution in [2.24, 2.45) is 5.16 Å². The van der Waals surface area contributed by atoms with E-state index in [1.165, 1.54) is 18.1 Å². The first-order valence-electron chi connectivity index (χ1n) is 11.1. The van der Waals surface area contributed by atoms with Crippen LogP contribution < -0.4 is 10.9 Å². The Morgan fingerprint density at radius 1 is 1.28 bits per heavy atom. The second-order valence-electron chi connectivity index (χ2n) is 8.86. The van der Waals surface area contributed by atoms with Crippen molar-refractivity contribution in [2.75, 3.05) is 26.8 Å². The molecule has 1 saturated heterocycles. The zero-order valence-electron chi connectivity index (χ0n) is 19.7. The maximum atomic E-state index is 13.2. The molecule has 0 unspecified atom stereocenters. The monoisotopic (exact) mass is 449 g/mol. The molecule has 32 heavy (non-hydrogen) atoms. The highest BCUT2D eigenvalue weighted by Crippen LogP contribution is 2.20. The number of aryl methyl sites for hydroxylation is 1. The number of hydrogen-bond acceptors (Lipinski definition) is 7. The summed E-state index contributed by atoms with van der Waals surface area (Å²) in [5.41, 5.74) is -0.744. The molecule has 0 spiro atoms. The van der Waals surface area contributed by atoms with Gasteiger partial charge in [0.2, 0.25) is 5.91 Å². The lowest BCUT2D eigenvalue weighted by atomic mass is 10.1. The van der Waals surface area contributed by atoms with Crippen LogP contribution in [0.15, 0.2) is 26.5 Å². The van der Waals surface area contributed by atoms with Crippen molar-refractivity contribution in [1.29, 1.82) is 0 Å². The fourth-order valence-corrected chi connectivity index (χ4v) is 3.26. The highest BCUT2D eigenvalue weighted by molar-refractivity contribution is 6.05. The number of carbonyl (C=O) groups is 2. The van der Waals surface area contributed by atoms with Crippen molar-refractivity contribution in [3.63, 3.8) is 0 Å². The maximum absolute atomic E-state index is 13.2. The van der Waals surface area contributed by atoms with Gasteiger partial charge in [0.15, 0.2) is 0 Å². The number of ether oxygens (including phenoxy) is 1. The Hall–Kier alpha value is -2.68. The molecule has 2 heterocycles. The van der Waals surface area contributed by atoms with Crippen molar-refractivity contribution in [3.8, 4) is 0 Å². The van der Waals surface area contributed by atoms with Crippen molar-refractivity contribution in [3.05, 3.63) is 33.9 Å². The number of methoxy groups -OCH3 is 1. The standard InChI is InChI=1S/C23H35N3O6/c1-6-7-8-9-17-10-11-18(22(29)31-17)21(28)26-15-16(25-32-23(2,3)4)14-19(26)20(27)24-12-13-30-5/h10-11,19H,6-9,12-15H2,1-5H3,(H,24,27)/t19-/m0/s1. The van der Waals surface area contributed by atoms with E-state index in [2.05, 4.69) is 17.4 Å². The first-order chi connectivity index (χ1) is 15.2. The van der Waals surface area contributed by atoms with Gasteiger partial charge in [0.25, 0.3) is 5.91 Å². The Morgan fingerprint density at radius 3 is 2.66 bits per heavy atom. The topological polar surface area (TPSA) is 110 Å². The Bertz CT molecular complexity index is 871. The van der Waals surface area contributed by atoms with Gasteiger partial charge < -0.3 is 24.2 Å². The molecule has 9 nitrogen and oxygen atoms in total. The Kier molecular flexibility index (Phi) is 9.43. The first-order valence-corrected chi connectivity index (χ1v) is 11.1. The number of likely N-dealkylation sites (tertiary alicyclic amines) is 1. The van der Waals surface area contributed by atoms with Gasteiger partial charge in [0, 0.05) is 26.5 Å². The Labute approximate surface area is 189 Å². The minimum absolute atomic E-state index is 0.0922. The van der Waals surface area contributed by atoms with E-state index in [0.717, 1.165) is 19.3 Å². The summed E-state index contributed by atoms with van der Waals surface area (Å²) < 4.78 is 10.3. The summed E-state index contributed by atoms with van der Waals surface area (Å²) >= 11 is 0. The van der Waals surface area contributed by atoms with Gasteiger partial charge in [-0.2, -0.15) is 0 Å². The summed E-state index contributed by atoms with van der Waals surface area (Å²) in [5, 5.41) is 6.90. The third-order valence-electron chi connectivity index (χ3n) is 4.91. The van der Waals surface area contributed by atoms with Crippen molar-refractivity contribution in [1.82, 2.24) is 10.2 Å². The van der Waals surface area contributed by atoms with Gasteiger partial charge in [-0.1, -0.05) is 24.9 Å². The number of rotatable bonds is 10. The summed E-state index contributed by atoms with van der Waals surface area (Å²) in [4.78, 5) is 45.3. The maximum Gasteiger partial charge on any atom is 0.348 e. The number of oxime groups is 1. The van der Waals surface area contributed by atoms with Crippen LogP contribution in [0.1, 0.15) is 69.5 Å². The minimum atomic E-state index is -0.801. The number of nitrogens with one attached hydrogen (secondary N) is 1. The molecule has 2 rings (SSSR count). The van der Waals surface area contributed by atoms with Gasteiger partial charge in [0.05, 0.1) is 18.9 Å². The predicted octanol–water partition coefficient (Wildman–Crippen LogP) is 2.52. The van der Waals surface area contributed by atoms with Crippen molar-refractivity contribution in [2.45, 2.75) is 71.4 Å². The molecule has 1 N–H and O–H groups in total. The highest BCUT2D eigenvalue weighted by atomic mass is 16.6. The second kappa shape index (κ2) is 11.8. The summed E-state index contributed by atoms with van der Waals surface area (Å²) in [7, 11) is 1.54. The lowest BCUT2D eigenvalue weighted by Crippen LogP contribution is -2.47. The van der Waals surface area contributed by atoms with E-state index in [1.807, 2.05) is 20.8 Å². The first kappa shape index (κ1) is 25.6. The van der Waals surface area contributed by atoms with Crippen LogP contribution in [0.4, 0.5) is 0 Å². The fraction of sp³-hybridized carbons (Fsp3) is 0.652. The minimum Gasteiger partial charge on any atom is -0.427 e. The van der Waals surface area contributed by atoms with E-state index >= 15 is 0 Å². The summed E-state index contributed by atoms with van der Waals surface area (Å²) in [6, 6.07) is 2.34. The third kappa shape index (κ3) is 7.47. The number of unbranched alkanes of at least 4 members (excludes halogenated alkanes) is 2. The molecule has 1 aromatic heterocycles. The number of carbonyl (C=O) groups excluding carboxylic acids is 2. The van der Waals surface area contributed by atoms with Crippen LogP contribution in [0, 0.1) is 0 Å². The third-order valence-corrected chi connectivity index (χ3v) is 4.91. The molecule has 0 radical (unpaired) electrons. The van der Waals surface area contributed by atoms with Gasteiger partial charge in [-0.25, -0.2) is 4.79 Å². The van der Waals surface area contributed by atoms with Gasteiger partial charge in [-0.3, -0.25) is 9.59 Å². The molecular formula is C23H35N3O6. The molecule has 0 bridgehead atoms. The van der Waals surface area contributed by atoms with Crippen LogP contribution in [-0.4, -0.2) is 60.9 Å². The van der Waals surface area contributed by atoms with Crippen LogP contribution >= 0.6 is 0 Å². The molecule has 1 aromatic rings. The van der Waals surface area contributed by atoms with Crippen molar-refractivity contribution >= 4 is 17.5 Å². The van der Waals surface area contributed by atoms with Crippen molar-refractivity contribution < 1.29 is 23.6 Å². The molecule has 178 valence electrons. The second-order valence-corrected chi connectivity index (χ2v) is 8.86. The molecule has 1 atom stereocenters. The molecule has 1 aliphatic heterocycles. The lowest BCUT2D eigenvalue weighted by Gasteiger charge is -2.23. The Morgan fingerprint density at radius 2 is 2.03 bits per heavy atom. The molecular weight excluding hydrogens is 414 g/mol. The quantitative estimate of drug-likeness (QED) is 0.434. The van der Waals surface area contributed by atoms with Gasteiger partial charge in [0.1, 0.15) is 23.0 Å². The van der Waals surface area contributed by atoms with E-state index in [1.54, 1.807) is 6.07 Å². The molecule has 0 aliphatic carbocycles. The number of hydrogen-bond donors (Lipinski definition) is 1. The van der Waals surface area contributed by atoms with Crippen LogP contribution in [-0.2, 0) is 20.8 Å². The smallest absolute Gasteiger partial charge is 0.348 e. The van der Waals surface area contributed by atoms with Gasteiger partial charge in [-0.05, 0) is 39.3 Å². The average molecular weight is 450 g/mol. The van der Waals surface area contributed by atoms with Crippen LogP contribution in [0.5, 0.6) is 0 Å². The van der Waals surface area contributed by atoms with Crippen LogP contribution in [0.2, 0.25) is 0 Å². The average Bonchev–Trinajstić information content (AvgIpc) is 3.16. The lowest BCUT2D eigenvalue weighted by molar-refractivity contribution is -0.125. The SMILES string of the molecule is CCCCCc1ccc(C(=O)N2CC(=NOC(C)(C)C)C[C@H]2C(=O)NCCOC)c(=O)o1. The zero-order valence-corrected chi connectivity index (χ0v) is 19.7. The molecule has 9 heteroatoms. The van der Waals surface area contributed by atoms with E-state index in [9.17, 15) is 14.4 Å². The zero-order chi connectivity index (χ0) is 23.7. The molecule has 0 saturated carbocycles. The summed E-state index contributed by atoms with van der Waals surface area (Å²) in [5.74, 6) is -0.347. The van der Waals surface area contributed by atoms with Gasteiger partial charge >= 0.3 is 5.63 Å². The Balaban J connectivity index is 2.22. The summed E-state index contributed by atoms with van der Waals surface area (Å²) in [6.45, 7) is 8.43. The highest BCUT2D eigenvalue weighted by Gasteiger charge is 2.39. The largest absolute Gasteiger partial charge is 0.427 e. The normalized spacial score (nSPS) is 17.6. The van der Waals surface area contributed by atoms with E-state index in [4.69, 9.17) is 14.0 Å². The van der Waals surface area contributed by atoms with E-state index in [0.29, 0.717) is 31.0 Å². The summed E-state index contributed by atoms with van der Waals surface area (Å²) in [6.07, 6.45) is 3.88. The number of amides is 2. The van der Waals surface area contributed by atoms with E-state index < -0.39 is 23.2 Å². The molecule has 1 fully saturated rings. The number of nitrogens with zero attached hydrogens (tertiary/aromatic N) is 2. The fourth-order valence-electron chi connectivity index (χ4n) is 3.26. The molecule has 2 amide bonds. The van der Waals surface area contributed by atoms with E-state index in [-0.39, 0.29) is 24.4 Å². The van der Waals surface area contributed by atoms with Crippen LogP contribution in [0.25, 0.3) is 0 Å². The van der Waals surface area contributed by atoms with Crippen LogP contribution in [0.3, 0.4) is 0 Å². The predicted molar refractivity (Wildman–Crippen MR) is 121 cm³/mol. The van der Waals surface area contributed by atoms with Gasteiger partial charge in [-0.15, -0.1) is 0 Å². The molecule has 1 aliphatic rings.